The first-order chi connectivity index (χ1) is 13.5. The lowest BCUT2D eigenvalue weighted by atomic mass is 10.1. The minimum atomic E-state index is -0.877. The molecule has 0 atom stereocenters. The highest BCUT2D eigenvalue weighted by Crippen LogP contribution is 2.17. The lowest BCUT2D eigenvalue weighted by Crippen LogP contribution is -2.25. The second-order valence-corrected chi connectivity index (χ2v) is 5.86. The molecule has 2 N–H and O–H groups in total. The number of hydrogen-bond acceptors (Lipinski definition) is 2. The van der Waals surface area contributed by atoms with E-state index in [0.29, 0.717) is 17.4 Å². The standard InChI is InChI=1S/C22H16F2N2O2/c23-16-12-11-15(20(24)14-16)13-19(21(27)25-17-7-3-1-4-8-17)22(28)26-18-9-5-2-6-10-18/h1-14H,(H,25,27)(H,26,28). The number of benzene rings is 3. The summed E-state index contributed by atoms with van der Waals surface area (Å²) in [6, 6.07) is 20.0. The van der Waals surface area contributed by atoms with Gasteiger partial charge in [-0.25, -0.2) is 8.78 Å². The van der Waals surface area contributed by atoms with Crippen LogP contribution in [-0.2, 0) is 9.59 Å². The van der Waals surface area contributed by atoms with Crippen LogP contribution < -0.4 is 10.6 Å². The highest BCUT2D eigenvalue weighted by Gasteiger charge is 2.20. The molecule has 0 aliphatic rings. The van der Waals surface area contributed by atoms with Crippen LogP contribution in [0.5, 0.6) is 0 Å². The van der Waals surface area contributed by atoms with Gasteiger partial charge in [-0.3, -0.25) is 9.59 Å². The number of anilines is 2. The summed E-state index contributed by atoms with van der Waals surface area (Å²) in [4.78, 5) is 25.4. The Balaban J connectivity index is 1.93. The topological polar surface area (TPSA) is 58.2 Å². The van der Waals surface area contributed by atoms with Gasteiger partial charge >= 0.3 is 0 Å². The molecular weight excluding hydrogens is 362 g/mol. The lowest BCUT2D eigenvalue weighted by molar-refractivity contribution is -0.118. The Bertz CT molecular complexity index is 964. The Morgan fingerprint density at radius 2 is 1.21 bits per heavy atom. The van der Waals surface area contributed by atoms with E-state index in [-0.39, 0.29) is 11.1 Å². The van der Waals surface area contributed by atoms with Gasteiger partial charge in [0.1, 0.15) is 17.2 Å². The van der Waals surface area contributed by atoms with E-state index >= 15 is 0 Å². The van der Waals surface area contributed by atoms with Crippen molar-refractivity contribution in [1.29, 1.82) is 0 Å². The zero-order chi connectivity index (χ0) is 19.9. The van der Waals surface area contributed by atoms with Gasteiger partial charge in [-0.2, -0.15) is 0 Å². The number of carbonyl (C=O) groups excluding carboxylic acids is 2. The predicted molar refractivity (Wildman–Crippen MR) is 104 cm³/mol. The normalized spacial score (nSPS) is 10.1. The summed E-state index contributed by atoms with van der Waals surface area (Å²) in [6.07, 6.45) is 1.09. The maximum Gasteiger partial charge on any atom is 0.261 e. The molecule has 0 saturated carbocycles. The molecule has 3 aromatic carbocycles. The van der Waals surface area contributed by atoms with Crippen LogP contribution in [0.1, 0.15) is 5.56 Å². The first kappa shape index (κ1) is 19.0. The molecule has 28 heavy (non-hydrogen) atoms. The fourth-order valence-corrected chi connectivity index (χ4v) is 2.45. The molecule has 2 amide bonds. The van der Waals surface area contributed by atoms with Crippen molar-refractivity contribution in [2.24, 2.45) is 0 Å². The van der Waals surface area contributed by atoms with Crippen molar-refractivity contribution in [1.82, 2.24) is 0 Å². The van der Waals surface area contributed by atoms with Crippen molar-refractivity contribution in [2.45, 2.75) is 0 Å². The number of halogens is 2. The Hall–Kier alpha value is -3.80. The van der Waals surface area contributed by atoms with E-state index in [2.05, 4.69) is 10.6 Å². The molecule has 0 fully saturated rings. The van der Waals surface area contributed by atoms with E-state index in [1.165, 1.54) is 0 Å². The predicted octanol–water partition coefficient (Wildman–Crippen LogP) is 4.63. The van der Waals surface area contributed by atoms with Gasteiger partial charge in [0, 0.05) is 23.0 Å². The SMILES string of the molecule is O=C(Nc1ccccc1)C(=Cc1ccc(F)cc1F)C(=O)Nc1ccccc1. The molecule has 0 aliphatic carbocycles. The lowest BCUT2D eigenvalue weighted by Gasteiger charge is -2.11. The van der Waals surface area contributed by atoms with E-state index in [0.717, 1.165) is 18.2 Å². The molecule has 0 unspecified atom stereocenters. The Morgan fingerprint density at radius 3 is 1.68 bits per heavy atom. The smallest absolute Gasteiger partial charge is 0.261 e. The van der Waals surface area contributed by atoms with Gasteiger partial charge < -0.3 is 10.6 Å². The Kier molecular flexibility index (Phi) is 5.91. The fraction of sp³-hybridized carbons (Fsp3) is 0. The second-order valence-electron chi connectivity index (χ2n) is 5.86. The number of nitrogens with one attached hydrogen (secondary N) is 2. The average Bonchev–Trinajstić information content (AvgIpc) is 2.68. The minimum Gasteiger partial charge on any atom is -0.322 e. The molecule has 3 rings (SSSR count). The maximum atomic E-state index is 14.0. The van der Waals surface area contributed by atoms with Crippen LogP contribution in [0.2, 0.25) is 0 Å². The van der Waals surface area contributed by atoms with E-state index in [9.17, 15) is 18.4 Å². The van der Waals surface area contributed by atoms with Gasteiger partial charge in [-0.15, -0.1) is 0 Å². The van der Waals surface area contributed by atoms with Crippen molar-refractivity contribution in [2.75, 3.05) is 10.6 Å². The first-order valence-corrected chi connectivity index (χ1v) is 8.42. The zero-order valence-corrected chi connectivity index (χ0v) is 14.7. The number of hydrogen-bond donors (Lipinski definition) is 2. The molecule has 0 aromatic heterocycles. The van der Waals surface area contributed by atoms with Gasteiger partial charge in [-0.05, 0) is 42.5 Å². The van der Waals surface area contributed by atoms with Crippen molar-refractivity contribution >= 4 is 29.3 Å². The van der Waals surface area contributed by atoms with E-state index in [1.807, 2.05) is 0 Å². The Morgan fingerprint density at radius 1 is 0.714 bits per heavy atom. The van der Waals surface area contributed by atoms with Crippen LogP contribution in [0, 0.1) is 11.6 Å². The molecule has 0 heterocycles. The molecule has 0 radical (unpaired) electrons. The molecule has 4 nitrogen and oxygen atoms in total. The number of para-hydroxylation sites is 2. The highest BCUT2D eigenvalue weighted by atomic mass is 19.1. The van der Waals surface area contributed by atoms with Crippen LogP contribution in [0.3, 0.4) is 0 Å². The fourth-order valence-electron chi connectivity index (χ4n) is 2.45. The summed E-state index contributed by atoms with van der Waals surface area (Å²) in [5, 5.41) is 5.19. The third kappa shape index (κ3) is 4.88. The third-order valence-electron chi connectivity index (χ3n) is 3.81. The number of rotatable bonds is 5. The molecular formula is C22H16F2N2O2. The summed E-state index contributed by atoms with van der Waals surface area (Å²) in [6.45, 7) is 0. The minimum absolute atomic E-state index is 0.0807. The van der Waals surface area contributed by atoms with E-state index in [4.69, 9.17) is 0 Å². The van der Waals surface area contributed by atoms with E-state index < -0.39 is 23.4 Å². The van der Waals surface area contributed by atoms with Crippen LogP contribution in [0.4, 0.5) is 20.2 Å². The van der Waals surface area contributed by atoms with Gasteiger partial charge in [0.15, 0.2) is 0 Å². The molecule has 0 bridgehead atoms. The van der Waals surface area contributed by atoms with E-state index in [1.54, 1.807) is 60.7 Å². The van der Waals surface area contributed by atoms with Crippen LogP contribution in [-0.4, -0.2) is 11.8 Å². The second kappa shape index (κ2) is 8.73. The van der Waals surface area contributed by atoms with Crippen molar-refractivity contribution in [3.63, 3.8) is 0 Å². The quantitative estimate of drug-likeness (QED) is 0.386. The summed E-state index contributed by atoms with van der Waals surface area (Å²) < 4.78 is 27.2. The first-order valence-electron chi connectivity index (χ1n) is 8.42. The van der Waals surface area contributed by atoms with Crippen LogP contribution >= 0.6 is 0 Å². The van der Waals surface area contributed by atoms with Crippen molar-refractivity contribution in [3.8, 4) is 0 Å². The van der Waals surface area contributed by atoms with Gasteiger partial charge in [0.05, 0.1) is 0 Å². The Labute approximate surface area is 160 Å². The van der Waals surface area contributed by atoms with Gasteiger partial charge in [0.2, 0.25) is 0 Å². The monoisotopic (exact) mass is 378 g/mol. The van der Waals surface area contributed by atoms with Crippen molar-refractivity contribution in [3.05, 3.63) is 102 Å². The summed E-state index contributed by atoms with van der Waals surface area (Å²) in [7, 11) is 0. The molecule has 140 valence electrons. The number of amides is 2. The third-order valence-corrected chi connectivity index (χ3v) is 3.81. The maximum absolute atomic E-state index is 14.0. The van der Waals surface area contributed by atoms with Crippen molar-refractivity contribution < 1.29 is 18.4 Å². The average molecular weight is 378 g/mol. The molecule has 0 spiro atoms. The molecule has 0 saturated heterocycles. The summed E-state index contributed by atoms with van der Waals surface area (Å²) in [5.41, 5.74) is 0.553. The van der Waals surface area contributed by atoms with Gasteiger partial charge in [-0.1, -0.05) is 36.4 Å². The molecule has 6 heteroatoms. The summed E-state index contributed by atoms with van der Waals surface area (Å²) >= 11 is 0. The van der Waals surface area contributed by atoms with Crippen LogP contribution in [0.25, 0.3) is 6.08 Å². The highest BCUT2D eigenvalue weighted by molar-refractivity contribution is 6.28. The van der Waals surface area contributed by atoms with Crippen LogP contribution in [0.15, 0.2) is 84.4 Å². The largest absolute Gasteiger partial charge is 0.322 e. The number of carbonyl (C=O) groups is 2. The summed E-state index contributed by atoms with van der Waals surface area (Å²) in [5.74, 6) is -3.07. The molecule has 3 aromatic rings. The van der Waals surface area contributed by atoms with Gasteiger partial charge in [0.25, 0.3) is 11.8 Å². The zero-order valence-electron chi connectivity index (χ0n) is 14.7. The molecule has 0 aliphatic heterocycles.